The highest BCUT2D eigenvalue weighted by Gasteiger charge is 2.20. The molecule has 2 N–H and O–H groups in total. The van der Waals surface area contributed by atoms with E-state index in [1.54, 1.807) is 24.3 Å². The molecule has 1 aromatic heterocycles. The van der Waals surface area contributed by atoms with Crippen LogP contribution in [0, 0.1) is 0 Å². The number of likely N-dealkylation sites (tertiary alicyclic amines) is 1. The topological polar surface area (TPSA) is 56.6 Å². The molecule has 0 unspecified atom stereocenters. The van der Waals surface area contributed by atoms with Crippen LogP contribution in [-0.2, 0) is 6.42 Å². The zero-order chi connectivity index (χ0) is 24.1. The summed E-state index contributed by atoms with van der Waals surface area (Å²) in [6.45, 7) is 4.71. The molecule has 2 heterocycles. The fourth-order valence-electron chi connectivity index (χ4n) is 4.10. The van der Waals surface area contributed by atoms with Crippen molar-refractivity contribution in [2.75, 3.05) is 13.1 Å². The number of rotatable bonds is 5. The molecule has 1 fully saturated rings. The van der Waals surface area contributed by atoms with Crippen molar-refractivity contribution in [3.05, 3.63) is 81.8 Å². The third kappa shape index (κ3) is 6.60. The zero-order valence-electron chi connectivity index (χ0n) is 19.0. The monoisotopic (exact) mass is 512 g/mol. The van der Waals surface area contributed by atoms with E-state index in [-0.39, 0.29) is 0 Å². The SMILES string of the molecule is C[C@@H]1CCCN1CCc1nc2cc(-c3ccc(Cl)cc3)ccc2s1.OB(O)c1ccc(Cl)cc1. The van der Waals surface area contributed by atoms with Crippen LogP contribution in [0.3, 0.4) is 0 Å². The van der Waals surface area contributed by atoms with Crippen molar-refractivity contribution < 1.29 is 10.0 Å². The molecule has 1 atom stereocenters. The van der Waals surface area contributed by atoms with Gasteiger partial charge in [0.05, 0.1) is 15.2 Å². The second-order valence-corrected chi connectivity index (χ2v) is 10.5. The van der Waals surface area contributed by atoms with Gasteiger partial charge in [0.2, 0.25) is 0 Å². The lowest BCUT2D eigenvalue weighted by Gasteiger charge is -2.19. The molecule has 1 aliphatic heterocycles. The van der Waals surface area contributed by atoms with Crippen LogP contribution in [0.1, 0.15) is 24.8 Å². The quantitative estimate of drug-likeness (QED) is 0.338. The number of benzene rings is 3. The molecule has 3 aromatic carbocycles. The summed E-state index contributed by atoms with van der Waals surface area (Å²) in [7, 11) is -1.41. The summed E-state index contributed by atoms with van der Waals surface area (Å²) in [5.74, 6) is 0. The fraction of sp³-hybridized carbons (Fsp3) is 0.269. The summed E-state index contributed by atoms with van der Waals surface area (Å²) in [6.07, 6.45) is 3.73. The van der Waals surface area contributed by atoms with Crippen LogP contribution in [0.4, 0.5) is 0 Å². The van der Waals surface area contributed by atoms with Crippen molar-refractivity contribution >= 4 is 57.3 Å². The lowest BCUT2D eigenvalue weighted by molar-refractivity contribution is 0.272. The molecule has 176 valence electrons. The Balaban J connectivity index is 0.000000231. The molecular weight excluding hydrogens is 486 g/mol. The smallest absolute Gasteiger partial charge is 0.423 e. The van der Waals surface area contributed by atoms with E-state index in [0.29, 0.717) is 10.5 Å². The van der Waals surface area contributed by atoms with Gasteiger partial charge in [-0.25, -0.2) is 4.98 Å². The average molecular weight is 513 g/mol. The Morgan fingerprint density at radius 1 is 0.971 bits per heavy atom. The number of hydrogen-bond acceptors (Lipinski definition) is 5. The van der Waals surface area contributed by atoms with Crippen molar-refractivity contribution in [2.45, 2.75) is 32.2 Å². The molecule has 1 saturated heterocycles. The molecule has 5 rings (SSSR count). The Morgan fingerprint density at radius 2 is 1.62 bits per heavy atom. The summed E-state index contributed by atoms with van der Waals surface area (Å²) >= 11 is 13.4. The number of aromatic nitrogens is 1. The van der Waals surface area contributed by atoms with Crippen molar-refractivity contribution in [3.63, 3.8) is 0 Å². The highest BCUT2D eigenvalue weighted by Crippen LogP contribution is 2.29. The van der Waals surface area contributed by atoms with Crippen LogP contribution in [0.15, 0.2) is 66.7 Å². The predicted octanol–water partition coefficient (Wildman–Crippen LogP) is 5.66. The average Bonchev–Trinajstić information content (AvgIpc) is 3.43. The third-order valence-electron chi connectivity index (χ3n) is 6.08. The Hall–Kier alpha value is -1.93. The molecule has 0 saturated carbocycles. The van der Waals surface area contributed by atoms with Gasteiger partial charge in [-0.1, -0.05) is 53.5 Å². The molecule has 0 radical (unpaired) electrons. The minimum atomic E-state index is -1.41. The van der Waals surface area contributed by atoms with Gasteiger partial charge in [-0.2, -0.15) is 0 Å². The van der Waals surface area contributed by atoms with Crippen LogP contribution >= 0.6 is 34.5 Å². The fourth-order valence-corrected chi connectivity index (χ4v) is 5.29. The lowest BCUT2D eigenvalue weighted by Crippen LogP contribution is -2.29. The van der Waals surface area contributed by atoms with Crippen LogP contribution < -0.4 is 5.46 Å². The lowest BCUT2D eigenvalue weighted by atomic mass is 9.81. The minimum absolute atomic E-state index is 0.449. The van der Waals surface area contributed by atoms with E-state index in [4.69, 9.17) is 38.2 Å². The van der Waals surface area contributed by atoms with Gasteiger partial charge in [0.1, 0.15) is 0 Å². The second kappa shape index (κ2) is 11.7. The second-order valence-electron chi connectivity index (χ2n) is 8.50. The summed E-state index contributed by atoms with van der Waals surface area (Å²) in [4.78, 5) is 7.46. The summed E-state index contributed by atoms with van der Waals surface area (Å²) < 4.78 is 1.28. The molecule has 4 aromatic rings. The molecule has 0 spiro atoms. The van der Waals surface area contributed by atoms with Crippen molar-refractivity contribution in [1.29, 1.82) is 0 Å². The van der Waals surface area contributed by atoms with E-state index in [1.165, 1.54) is 40.2 Å². The number of thiazole rings is 1. The first kappa shape index (κ1) is 25.2. The van der Waals surface area contributed by atoms with Gasteiger partial charge >= 0.3 is 7.12 Å². The van der Waals surface area contributed by atoms with Crippen molar-refractivity contribution in [1.82, 2.24) is 9.88 Å². The Kier molecular flexibility index (Phi) is 8.64. The highest BCUT2D eigenvalue weighted by atomic mass is 35.5. The molecule has 1 aliphatic rings. The van der Waals surface area contributed by atoms with Crippen molar-refractivity contribution in [3.8, 4) is 11.1 Å². The molecular formula is C26H27BCl2N2O2S. The number of nitrogens with zero attached hydrogens (tertiary/aromatic N) is 2. The van der Waals surface area contributed by atoms with E-state index in [1.807, 2.05) is 23.5 Å². The van der Waals surface area contributed by atoms with E-state index in [0.717, 1.165) is 29.5 Å². The Labute approximate surface area is 214 Å². The third-order valence-corrected chi connectivity index (χ3v) is 7.68. The molecule has 34 heavy (non-hydrogen) atoms. The van der Waals surface area contributed by atoms with Gasteiger partial charge in [-0.3, -0.25) is 0 Å². The van der Waals surface area contributed by atoms with Gasteiger partial charge in [-0.15, -0.1) is 11.3 Å². The van der Waals surface area contributed by atoms with Crippen LogP contribution in [0.2, 0.25) is 10.0 Å². The minimum Gasteiger partial charge on any atom is -0.423 e. The summed E-state index contributed by atoms with van der Waals surface area (Å²) in [5, 5.41) is 19.9. The standard InChI is InChI=1S/C20H21ClN2S.C6H6BClO2/c1-14-3-2-11-23(14)12-10-20-22-18-13-16(6-9-19(18)24-20)15-4-7-17(21)8-5-15;8-6-3-1-5(2-4-6)7(9)10/h4-9,13-14H,2-3,10-12H2,1H3;1-4,9-10H/t14-;/m1./s1. The van der Waals surface area contributed by atoms with Crippen LogP contribution in [0.25, 0.3) is 21.3 Å². The maximum Gasteiger partial charge on any atom is 0.488 e. The van der Waals surface area contributed by atoms with Gasteiger partial charge in [0.25, 0.3) is 0 Å². The van der Waals surface area contributed by atoms with Gasteiger partial charge < -0.3 is 14.9 Å². The maximum atomic E-state index is 8.63. The molecule has 0 aliphatic carbocycles. The van der Waals surface area contributed by atoms with E-state index in [9.17, 15) is 0 Å². The molecule has 0 bridgehead atoms. The normalized spacial score (nSPS) is 15.9. The van der Waals surface area contributed by atoms with Crippen molar-refractivity contribution in [2.24, 2.45) is 0 Å². The maximum absolute atomic E-state index is 8.63. The van der Waals surface area contributed by atoms with E-state index >= 15 is 0 Å². The molecule has 8 heteroatoms. The first-order valence-corrected chi connectivity index (χ1v) is 13.0. The highest BCUT2D eigenvalue weighted by molar-refractivity contribution is 7.18. The number of halogens is 2. The Morgan fingerprint density at radius 3 is 2.24 bits per heavy atom. The van der Waals surface area contributed by atoms with Gasteiger partial charge in [0.15, 0.2) is 0 Å². The number of hydrogen-bond donors (Lipinski definition) is 2. The largest absolute Gasteiger partial charge is 0.488 e. The van der Waals surface area contributed by atoms with E-state index < -0.39 is 7.12 Å². The predicted molar refractivity (Wildman–Crippen MR) is 145 cm³/mol. The van der Waals surface area contributed by atoms with Crippen LogP contribution in [0.5, 0.6) is 0 Å². The Bertz CT molecular complexity index is 1220. The van der Waals surface area contributed by atoms with Gasteiger partial charge in [0, 0.05) is 29.1 Å². The molecule has 0 amide bonds. The molecule has 4 nitrogen and oxygen atoms in total. The number of fused-ring (bicyclic) bond motifs is 1. The first-order chi connectivity index (χ1) is 16.4. The van der Waals surface area contributed by atoms with Gasteiger partial charge in [-0.05, 0) is 79.3 Å². The zero-order valence-corrected chi connectivity index (χ0v) is 21.3. The summed E-state index contributed by atoms with van der Waals surface area (Å²) in [5.41, 5.74) is 3.94. The first-order valence-electron chi connectivity index (χ1n) is 11.4. The van der Waals surface area contributed by atoms with Crippen LogP contribution in [-0.4, -0.2) is 46.2 Å². The van der Waals surface area contributed by atoms with E-state index in [2.05, 4.69) is 42.2 Å². The summed E-state index contributed by atoms with van der Waals surface area (Å²) in [6, 6.07) is 21.6.